The Bertz CT molecular complexity index is 521. The van der Waals surface area contributed by atoms with E-state index in [9.17, 15) is 9.18 Å². The average molecular weight is 281 g/mol. The number of piperidine rings is 1. The molecule has 0 spiro atoms. The summed E-state index contributed by atoms with van der Waals surface area (Å²) in [6, 6.07) is 3.85. The van der Waals surface area contributed by atoms with Gasteiger partial charge in [0.25, 0.3) is 0 Å². The molecule has 0 aliphatic carbocycles. The summed E-state index contributed by atoms with van der Waals surface area (Å²) in [5.74, 6) is -0.780. The second-order valence-corrected chi connectivity index (χ2v) is 5.07. The van der Waals surface area contributed by atoms with Crippen molar-refractivity contribution in [3.63, 3.8) is 0 Å². The minimum absolute atomic E-state index is 0.114. The smallest absolute Gasteiger partial charge is 0.240 e. The van der Waals surface area contributed by atoms with E-state index in [1.54, 1.807) is 6.07 Å². The zero-order valence-electron chi connectivity index (χ0n) is 10.4. The molecule has 1 aliphatic rings. The molecule has 1 unspecified atom stereocenters. The molecule has 1 aliphatic heterocycles. The molecule has 102 valence electrons. The van der Waals surface area contributed by atoms with Gasteiger partial charge in [0, 0.05) is 17.8 Å². The molecule has 1 aromatic rings. The molecule has 1 fully saturated rings. The molecule has 1 aromatic carbocycles. The summed E-state index contributed by atoms with van der Waals surface area (Å²) in [7, 11) is 0. The summed E-state index contributed by atoms with van der Waals surface area (Å²) in [5.41, 5.74) is 12.2. The van der Waals surface area contributed by atoms with Crippen molar-refractivity contribution in [2.75, 3.05) is 11.4 Å². The zero-order valence-corrected chi connectivity index (χ0v) is 11.3. The van der Waals surface area contributed by atoms with Crippen LogP contribution < -0.4 is 16.4 Å². The fourth-order valence-electron chi connectivity index (χ4n) is 2.47. The molecule has 1 saturated heterocycles. The lowest BCUT2D eigenvalue weighted by Crippen LogP contribution is -2.48. The highest BCUT2D eigenvalue weighted by Crippen LogP contribution is 2.28. The second kappa shape index (κ2) is 5.52. The van der Waals surface area contributed by atoms with Crippen molar-refractivity contribution < 1.29 is 9.18 Å². The molecule has 0 radical (unpaired) electrons. The van der Waals surface area contributed by atoms with Crippen molar-refractivity contribution in [1.82, 2.24) is 0 Å². The van der Waals surface area contributed by atoms with Crippen LogP contribution in [-0.4, -0.2) is 23.5 Å². The highest BCUT2D eigenvalue weighted by Gasteiger charge is 2.28. The maximum atomic E-state index is 13.3. The van der Waals surface area contributed by atoms with Crippen LogP contribution in [0.3, 0.4) is 0 Å². The van der Waals surface area contributed by atoms with E-state index >= 15 is 0 Å². The number of amides is 1. The van der Waals surface area contributed by atoms with E-state index in [-0.39, 0.29) is 16.9 Å². The number of primary amides is 1. The van der Waals surface area contributed by atoms with Gasteiger partial charge in [-0.1, -0.05) is 12.2 Å². The van der Waals surface area contributed by atoms with E-state index < -0.39 is 5.82 Å². The molecular formula is C13H16FN3OS. The maximum absolute atomic E-state index is 13.3. The van der Waals surface area contributed by atoms with Crippen LogP contribution >= 0.6 is 12.2 Å². The molecule has 0 bridgehead atoms. The Hall–Kier alpha value is -1.69. The lowest BCUT2D eigenvalue weighted by atomic mass is 9.99. The van der Waals surface area contributed by atoms with Crippen LogP contribution in [0, 0.1) is 5.82 Å². The Morgan fingerprint density at radius 2 is 2.11 bits per heavy atom. The number of nitrogens with two attached hydrogens (primary N) is 2. The van der Waals surface area contributed by atoms with Gasteiger partial charge >= 0.3 is 0 Å². The molecular weight excluding hydrogens is 265 g/mol. The number of rotatable bonds is 3. The normalized spacial score (nSPS) is 19.2. The fourth-order valence-corrected chi connectivity index (χ4v) is 2.64. The van der Waals surface area contributed by atoms with E-state index in [2.05, 4.69) is 0 Å². The van der Waals surface area contributed by atoms with Crippen LogP contribution in [0.1, 0.15) is 24.8 Å². The number of hydrogen-bond donors (Lipinski definition) is 2. The van der Waals surface area contributed by atoms with Gasteiger partial charge < -0.3 is 16.4 Å². The van der Waals surface area contributed by atoms with Crippen LogP contribution in [0.5, 0.6) is 0 Å². The predicted molar refractivity (Wildman–Crippen MR) is 76.5 cm³/mol. The first-order valence-corrected chi connectivity index (χ1v) is 6.57. The van der Waals surface area contributed by atoms with E-state index in [1.165, 1.54) is 12.1 Å². The molecule has 0 saturated carbocycles. The van der Waals surface area contributed by atoms with Crippen molar-refractivity contribution in [3.8, 4) is 0 Å². The van der Waals surface area contributed by atoms with Gasteiger partial charge in [-0.25, -0.2) is 4.39 Å². The Morgan fingerprint density at radius 3 is 2.74 bits per heavy atom. The first-order chi connectivity index (χ1) is 9.00. The summed E-state index contributed by atoms with van der Waals surface area (Å²) in [6.45, 7) is 0.689. The van der Waals surface area contributed by atoms with Crippen LogP contribution in [0.15, 0.2) is 18.2 Å². The number of halogens is 1. The number of hydrogen-bond acceptors (Lipinski definition) is 3. The maximum Gasteiger partial charge on any atom is 0.240 e. The molecule has 6 heteroatoms. The van der Waals surface area contributed by atoms with Crippen LogP contribution in [0.25, 0.3) is 0 Å². The van der Waals surface area contributed by atoms with Crippen molar-refractivity contribution in [2.24, 2.45) is 11.5 Å². The molecule has 0 aromatic heterocycles. The second-order valence-electron chi connectivity index (χ2n) is 4.63. The lowest BCUT2D eigenvalue weighted by molar-refractivity contribution is -0.119. The summed E-state index contributed by atoms with van der Waals surface area (Å²) < 4.78 is 13.3. The molecule has 19 heavy (non-hydrogen) atoms. The number of thiocarbonyl (C=S) groups is 1. The van der Waals surface area contributed by atoms with Crippen molar-refractivity contribution >= 4 is 28.8 Å². The molecule has 1 heterocycles. The van der Waals surface area contributed by atoms with Gasteiger partial charge in [-0.3, -0.25) is 4.79 Å². The highest BCUT2D eigenvalue weighted by molar-refractivity contribution is 7.80. The fraction of sp³-hybridized carbons (Fsp3) is 0.385. The third-order valence-corrected chi connectivity index (χ3v) is 3.58. The summed E-state index contributed by atoms with van der Waals surface area (Å²) in [5, 5.41) is 0. The van der Waals surface area contributed by atoms with E-state index in [0.29, 0.717) is 24.2 Å². The van der Waals surface area contributed by atoms with Crippen LogP contribution in [0.4, 0.5) is 10.1 Å². The van der Waals surface area contributed by atoms with Gasteiger partial charge in [-0.15, -0.1) is 0 Å². The quantitative estimate of drug-likeness (QED) is 0.819. The third-order valence-electron chi connectivity index (χ3n) is 3.36. The molecule has 1 atom stereocenters. The summed E-state index contributed by atoms with van der Waals surface area (Å²) >= 11 is 4.95. The van der Waals surface area contributed by atoms with Crippen molar-refractivity contribution in [3.05, 3.63) is 29.6 Å². The third kappa shape index (κ3) is 2.84. The number of carbonyl (C=O) groups excluding carboxylic acids is 1. The van der Waals surface area contributed by atoms with E-state index in [4.69, 9.17) is 23.7 Å². The Balaban J connectivity index is 2.44. The topological polar surface area (TPSA) is 72.4 Å². The number of benzene rings is 1. The Morgan fingerprint density at radius 1 is 1.37 bits per heavy atom. The molecule has 2 rings (SSSR count). The largest absolute Gasteiger partial charge is 0.389 e. The predicted octanol–water partition coefficient (Wildman–Crippen LogP) is 1.30. The average Bonchev–Trinajstić information content (AvgIpc) is 2.38. The van der Waals surface area contributed by atoms with Gasteiger partial charge in [0.2, 0.25) is 5.91 Å². The minimum Gasteiger partial charge on any atom is -0.389 e. The van der Waals surface area contributed by atoms with E-state index in [1.807, 2.05) is 4.90 Å². The van der Waals surface area contributed by atoms with Crippen LogP contribution in [0.2, 0.25) is 0 Å². The SMILES string of the molecule is NC(=O)C1CCCCN1c1ccc(F)cc1C(N)=S. The molecule has 4 nitrogen and oxygen atoms in total. The van der Waals surface area contributed by atoms with Crippen LogP contribution in [-0.2, 0) is 4.79 Å². The van der Waals surface area contributed by atoms with Gasteiger partial charge in [-0.2, -0.15) is 0 Å². The summed E-state index contributed by atoms with van der Waals surface area (Å²) in [4.78, 5) is 13.5. The molecule has 4 N–H and O–H groups in total. The number of anilines is 1. The minimum atomic E-state index is -0.404. The van der Waals surface area contributed by atoms with Gasteiger partial charge in [0.15, 0.2) is 0 Å². The lowest BCUT2D eigenvalue weighted by Gasteiger charge is -2.36. The highest BCUT2D eigenvalue weighted by atomic mass is 32.1. The van der Waals surface area contributed by atoms with Gasteiger partial charge in [0.05, 0.1) is 0 Å². The zero-order chi connectivity index (χ0) is 14.0. The van der Waals surface area contributed by atoms with Gasteiger partial charge in [0.1, 0.15) is 16.8 Å². The van der Waals surface area contributed by atoms with Crippen molar-refractivity contribution in [1.29, 1.82) is 0 Å². The number of carbonyl (C=O) groups is 1. The Labute approximate surface area is 116 Å². The number of nitrogens with zero attached hydrogens (tertiary/aromatic N) is 1. The Kier molecular flexibility index (Phi) is 3.99. The summed E-state index contributed by atoms with van der Waals surface area (Å²) in [6.07, 6.45) is 2.61. The molecule has 1 amide bonds. The first kappa shape index (κ1) is 13.7. The standard InChI is InChI=1S/C13H16FN3OS/c14-8-4-5-10(9(7-8)13(16)19)17-6-2-1-3-11(17)12(15)18/h4-5,7,11H,1-3,6H2,(H2,15,18)(H2,16,19). The van der Waals surface area contributed by atoms with Crippen molar-refractivity contribution in [2.45, 2.75) is 25.3 Å². The first-order valence-electron chi connectivity index (χ1n) is 6.16. The van der Waals surface area contributed by atoms with E-state index in [0.717, 1.165) is 12.8 Å². The van der Waals surface area contributed by atoms with Gasteiger partial charge in [-0.05, 0) is 37.5 Å². The monoisotopic (exact) mass is 281 g/mol.